The molecule has 0 aromatic carbocycles. The third kappa shape index (κ3) is 0.742. The number of ether oxygens (including phenoxy) is 2. The van der Waals surface area contributed by atoms with Crippen LogP contribution in [0.25, 0.3) is 0 Å². The molecular formula is C14H18O2. The molecule has 1 aliphatic heterocycles. The maximum atomic E-state index is 5.82. The zero-order valence-corrected chi connectivity index (χ0v) is 9.47. The summed E-state index contributed by atoms with van der Waals surface area (Å²) in [5.74, 6) is 6.23. The second-order valence-electron chi connectivity index (χ2n) is 6.59. The van der Waals surface area contributed by atoms with Gasteiger partial charge >= 0.3 is 0 Å². The number of fused-ring (bicyclic) bond motifs is 12. The summed E-state index contributed by atoms with van der Waals surface area (Å²) in [4.78, 5) is 0. The predicted molar refractivity (Wildman–Crippen MR) is 58.3 cm³/mol. The van der Waals surface area contributed by atoms with Crippen LogP contribution in [0.5, 0.6) is 0 Å². The van der Waals surface area contributed by atoms with Crippen molar-refractivity contribution in [2.45, 2.75) is 37.9 Å². The third-order valence-corrected chi connectivity index (χ3v) is 6.28. The Morgan fingerprint density at radius 2 is 1.44 bits per heavy atom. The Morgan fingerprint density at radius 3 is 2.00 bits per heavy atom. The molecule has 16 heavy (non-hydrogen) atoms. The van der Waals surface area contributed by atoms with E-state index in [1.807, 2.05) is 0 Å². The van der Waals surface area contributed by atoms with Gasteiger partial charge in [0.05, 0.1) is 0 Å². The molecule has 0 radical (unpaired) electrons. The molecule has 2 heteroatoms. The SMILES string of the molecule is C=C1OC2C3CC(C2O1)C1C2CCC(C2)C31. The van der Waals surface area contributed by atoms with Crippen LogP contribution in [0.2, 0.25) is 0 Å². The van der Waals surface area contributed by atoms with E-state index >= 15 is 0 Å². The monoisotopic (exact) mass is 218 g/mol. The van der Waals surface area contributed by atoms with Crippen LogP contribution in [0, 0.1) is 35.5 Å². The quantitative estimate of drug-likeness (QED) is 0.582. The standard InChI is InChI=1S/C14H18O2/c1-6-15-13-9-5-10(14(13)16-6)12-8-3-2-7(4-8)11(9)12/h7-14H,1-5H2. The number of rotatable bonds is 0. The lowest BCUT2D eigenvalue weighted by Gasteiger charge is -2.38. The first-order chi connectivity index (χ1) is 7.83. The lowest BCUT2D eigenvalue weighted by atomic mass is 9.69. The highest BCUT2D eigenvalue weighted by atomic mass is 16.7. The van der Waals surface area contributed by atoms with Crippen molar-refractivity contribution in [2.75, 3.05) is 0 Å². The van der Waals surface area contributed by atoms with Crippen molar-refractivity contribution in [3.8, 4) is 0 Å². The lowest BCUT2D eigenvalue weighted by molar-refractivity contribution is 0.00878. The van der Waals surface area contributed by atoms with Crippen molar-refractivity contribution in [3.05, 3.63) is 12.5 Å². The van der Waals surface area contributed by atoms with Crippen LogP contribution < -0.4 is 0 Å². The summed E-state index contributed by atoms with van der Waals surface area (Å²) < 4.78 is 11.6. The fourth-order valence-electron chi connectivity index (χ4n) is 6.11. The first kappa shape index (κ1) is 8.43. The van der Waals surface area contributed by atoms with Crippen molar-refractivity contribution in [2.24, 2.45) is 35.5 Å². The van der Waals surface area contributed by atoms with Gasteiger partial charge in [-0.25, -0.2) is 0 Å². The maximum Gasteiger partial charge on any atom is 0.272 e. The van der Waals surface area contributed by atoms with Gasteiger partial charge in [-0.3, -0.25) is 0 Å². The average Bonchev–Trinajstić information content (AvgIpc) is 2.98. The molecule has 2 nitrogen and oxygen atoms in total. The minimum absolute atomic E-state index is 0.373. The Kier molecular flexibility index (Phi) is 1.29. The molecule has 5 fully saturated rings. The molecule has 5 rings (SSSR count). The minimum atomic E-state index is 0.373. The molecule has 0 amide bonds. The summed E-state index contributed by atoms with van der Waals surface area (Å²) in [6, 6.07) is 0. The van der Waals surface area contributed by atoms with E-state index in [1.54, 1.807) is 0 Å². The van der Waals surface area contributed by atoms with E-state index in [2.05, 4.69) is 6.58 Å². The number of hydrogen-bond donors (Lipinski definition) is 0. The summed E-state index contributed by atoms with van der Waals surface area (Å²) in [6.45, 7) is 3.84. The van der Waals surface area contributed by atoms with E-state index in [0.29, 0.717) is 18.2 Å². The fourth-order valence-corrected chi connectivity index (χ4v) is 6.11. The van der Waals surface area contributed by atoms with Gasteiger partial charge in [0.25, 0.3) is 5.95 Å². The van der Waals surface area contributed by atoms with Crippen LogP contribution in [0.3, 0.4) is 0 Å². The molecular weight excluding hydrogens is 200 g/mol. The highest BCUT2D eigenvalue weighted by molar-refractivity contribution is 5.17. The van der Waals surface area contributed by atoms with E-state index in [1.165, 1.54) is 25.7 Å². The first-order valence-electron chi connectivity index (χ1n) is 6.85. The number of hydrogen-bond acceptors (Lipinski definition) is 2. The topological polar surface area (TPSA) is 18.5 Å². The molecule has 4 bridgehead atoms. The summed E-state index contributed by atoms with van der Waals surface area (Å²) in [6.07, 6.45) is 6.63. The molecule has 4 saturated carbocycles. The van der Waals surface area contributed by atoms with Gasteiger partial charge in [0.1, 0.15) is 12.2 Å². The fraction of sp³-hybridized carbons (Fsp3) is 0.857. The van der Waals surface area contributed by atoms with Crippen LogP contribution in [0.15, 0.2) is 12.5 Å². The molecule has 86 valence electrons. The van der Waals surface area contributed by atoms with Crippen LogP contribution >= 0.6 is 0 Å². The second-order valence-corrected chi connectivity index (χ2v) is 6.59. The molecule has 0 N–H and O–H groups in total. The highest BCUT2D eigenvalue weighted by Crippen LogP contribution is 2.69. The summed E-state index contributed by atoms with van der Waals surface area (Å²) in [5, 5.41) is 0. The van der Waals surface area contributed by atoms with Crippen molar-refractivity contribution in [3.63, 3.8) is 0 Å². The van der Waals surface area contributed by atoms with Crippen LogP contribution in [0.4, 0.5) is 0 Å². The van der Waals surface area contributed by atoms with Gasteiger partial charge in [0.2, 0.25) is 0 Å². The van der Waals surface area contributed by atoms with Gasteiger partial charge in [-0.1, -0.05) is 0 Å². The Morgan fingerprint density at radius 1 is 0.875 bits per heavy atom. The smallest absolute Gasteiger partial charge is 0.272 e. The summed E-state index contributed by atoms with van der Waals surface area (Å²) in [5.41, 5.74) is 0. The third-order valence-electron chi connectivity index (χ3n) is 6.28. The van der Waals surface area contributed by atoms with Crippen molar-refractivity contribution in [1.29, 1.82) is 0 Å². The van der Waals surface area contributed by atoms with E-state index in [0.717, 1.165) is 35.5 Å². The van der Waals surface area contributed by atoms with Gasteiger partial charge in [-0.15, -0.1) is 0 Å². The molecule has 1 saturated heterocycles. The molecule has 0 aromatic rings. The van der Waals surface area contributed by atoms with Crippen LogP contribution in [0.1, 0.15) is 25.7 Å². The molecule has 0 aromatic heterocycles. The lowest BCUT2D eigenvalue weighted by Crippen LogP contribution is -2.42. The second kappa shape index (κ2) is 2.44. The highest BCUT2D eigenvalue weighted by Gasteiger charge is 2.68. The van der Waals surface area contributed by atoms with Crippen LogP contribution in [-0.4, -0.2) is 12.2 Å². The Hall–Kier alpha value is -0.660. The van der Waals surface area contributed by atoms with Crippen LogP contribution in [-0.2, 0) is 9.47 Å². The van der Waals surface area contributed by atoms with E-state index in [4.69, 9.17) is 9.47 Å². The molecule has 1 heterocycles. The Balaban J connectivity index is 1.57. The van der Waals surface area contributed by atoms with E-state index in [-0.39, 0.29) is 0 Å². The van der Waals surface area contributed by atoms with Crippen molar-refractivity contribution >= 4 is 0 Å². The summed E-state index contributed by atoms with van der Waals surface area (Å²) >= 11 is 0. The zero-order chi connectivity index (χ0) is 10.4. The predicted octanol–water partition coefficient (Wildman–Crippen LogP) is 2.55. The molecule has 8 atom stereocenters. The average molecular weight is 218 g/mol. The van der Waals surface area contributed by atoms with Gasteiger partial charge in [0.15, 0.2) is 0 Å². The van der Waals surface area contributed by atoms with Crippen molar-refractivity contribution < 1.29 is 9.47 Å². The molecule has 5 aliphatic rings. The van der Waals surface area contributed by atoms with Gasteiger partial charge in [-0.05, 0) is 55.9 Å². The van der Waals surface area contributed by atoms with Gasteiger partial charge < -0.3 is 9.47 Å². The normalized spacial score (nSPS) is 64.4. The van der Waals surface area contributed by atoms with E-state index in [9.17, 15) is 0 Å². The minimum Gasteiger partial charge on any atom is -0.458 e. The molecule has 0 spiro atoms. The Bertz CT molecular complexity index is 345. The maximum absolute atomic E-state index is 5.82. The molecule has 8 unspecified atom stereocenters. The zero-order valence-electron chi connectivity index (χ0n) is 9.47. The first-order valence-corrected chi connectivity index (χ1v) is 6.85. The largest absolute Gasteiger partial charge is 0.458 e. The van der Waals surface area contributed by atoms with Crippen molar-refractivity contribution in [1.82, 2.24) is 0 Å². The van der Waals surface area contributed by atoms with Gasteiger partial charge in [-0.2, -0.15) is 0 Å². The molecule has 4 aliphatic carbocycles. The Labute approximate surface area is 96.0 Å². The summed E-state index contributed by atoms with van der Waals surface area (Å²) in [7, 11) is 0. The van der Waals surface area contributed by atoms with Gasteiger partial charge in [0, 0.05) is 11.8 Å². The van der Waals surface area contributed by atoms with E-state index < -0.39 is 0 Å².